The van der Waals surface area contributed by atoms with Gasteiger partial charge in [-0.2, -0.15) is 0 Å². The SMILES string of the molecule is c1ccc(-c2cc(-c3cc(-c4ccc(N(c5ccccc5)c5cccc6c5oc5ccccc56)cc4)c4c(c3)oc3cc5ccccc5cc34)nc(-c3ccccc3)n2)cc1. The molecule has 3 heterocycles. The lowest BCUT2D eigenvalue weighted by Crippen LogP contribution is -2.10. The van der Waals surface area contributed by atoms with Gasteiger partial charge in [0, 0.05) is 49.6 Å². The van der Waals surface area contributed by atoms with Crippen LogP contribution in [-0.2, 0) is 0 Å². The Morgan fingerprint density at radius 1 is 0.361 bits per heavy atom. The van der Waals surface area contributed by atoms with Gasteiger partial charge in [-0.3, -0.25) is 0 Å². The molecule has 61 heavy (non-hydrogen) atoms. The summed E-state index contributed by atoms with van der Waals surface area (Å²) in [7, 11) is 0. The van der Waals surface area contributed by atoms with Gasteiger partial charge >= 0.3 is 0 Å². The van der Waals surface area contributed by atoms with Crippen LogP contribution in [0.4, 0.5) is 17.1 Å². The van der Waals surface area contributed by atoms with E-state index in [1.165, 1.54) is 0 Å². The third-order valence-corrected chi connectivity index (χ3v) is 11.6. The maximum absolute atomic E-state index is 6.80. The highest BCUT2D eigenvalue weighted by molar-refractivity contribution is 6.17. The van der Waals surface area contributed by atoms with Gasteiger partial charge in [0.05, 0.1) is 17.1 Å². The number of hydrogen-bond acceptors (Lipinski definition) is 5. The first-order valence-corrected chi connectivity index (χ1v) is 20.5. The summed E-state index contributed by atoms with van der Waals surface area (Å²) in [5, 5.41) is 6.61. The van der Waals surface area contributed by atoms with E-state index in [9.17, 15) is 0 Å². The van der Waals surface area contributed by atoms with Crippen LogP contribution in [0.15, 0.2) is 221 Å². The molecule has 5 nitrogen and oxygen atoms in total. The number of rotatable bonds is 7. The molecular formula is C56H35N3O2. The molecule has 9 aromatic carbocycles. The molecule has 0 amide bonds. The normalized spacial score (nSPS) is 11.6. The Morgan fingerprint density at radius 2 is 0.984 bits per heavy atom. The highest BCUT2D eigenvalue weighted by Crippen LogP contribution is 2.45. The van der Waals surface area contributed by atoms with Gasteiger partial charge in [-0.1, -0.05) is 146 Å². The second-order valence-corrected chi connectivity index (χ2v) is 15.4. The van der Waals surface area contributed by atoms with Crippen molar-refractivity contribution in [3.05, 3.63) is 212 Å². The van der Waals surface area contributed by atoms with Crippen molar-refractivity contribution in [2.24, 2.45) is 0 Å². The van der Waals surface area contributed by atoms with Crippen molar-refractivity contribution in [3.8, 4) is 45.0 Å². The van der Waals surface area contributed by atoms with Crippen LogP contribution in [0.2, 0.25) is 0 Å². The first kappa shape index (κ1) is 34.7. The molecule has 0 aliphatic heterocycles. The summed E-state index contributed by atoms with van der Waals surface area (Å²) in [6.45, 7) is 0. The number of anilines is 3. The van der Waals surface area contributed by atoms with Crippen molar-refractivity contribution in [2.75, 3.05) is 4.90 Å². The number of furan rings is 2. The van der Waals surface area contributed by atoms with E-state index in [4.69, 9.17) is 18.8 Å². The predicted molar refractivity (Wildman–Crippen MR) is 251 cm³/mol. The second kappa shape index (κ2) is 14.2. The van der Waals surface area contributed by atoms with Crippen molar-refractivity contribution in [1.29, 1.82) is 0 Å². The lowest BCUT2D eigenvalue weighted by Gasteiger charge is -2.25. The van der Waals surface area contributed by atoms with Crippen molar-refractivity contribution in [2.45, 2.75) is 0 Å². The van der Waals surface area contributed by atoms with Gasteiger partial charge in [-0.25, -0.2) is 9.97 Å². The van der Waals surface area contributed by atoms with E-state index in [2.05, 4.69) is 163 Å². The number of fused-ring (bicyclic) bond motifs is 7. The zero-order valence-corrected chi connectivity index (χ0v) is 32.9. The summed E-state index contributed by atoms with van der Waals surface area (Å²) >= 11 is 0. The first-order chi connectivity index (χ1) is 30.2. The van der Waals surface area contributed by atoms with Gasteiger partial charge in [0.15, 0.2) is 11.4 Å². The fourth-order valence-electron chi connectivity index (χ4n) is 8.74. The van der Waals surface area contributed by atoms with Crippen molar-refractivity contribution >= 4 is 71.7 Å². The average molecular weight is 782 g/mol. The quantitative estimate of drug-likeness (QED) is 0.161. The summed E-state index contributed by atoms with van der Waals surface area (Å²) in [6.07, 6.45) is 0. The molecule has 0 saturated carbocycles. The lowest BCUT2D eigenvalue weighted by atomic mass is 9.94. The molecular weight excluding hydrogens is 747 g/mol. The molecule has 5 heteroatoms. The second-order valence-electron chi connectivity index (χ2n) is 15.4. The molecule has 0 atom stereocenters. The number of aromatic nitrogens is 2. The molecule has 286 valence electrons. The minimum atomic E-state index is 0.666. The minimum absolute atomic E-state index is 0.666. The van der Waals surface area contributed by atoms with Crippen LogP contribution in [0.5, 0.6) is 0 Å². The molecule has 0 fully saturated rings. The smallest absolute Gasteiger partial charge is 0.160 e. The van der Waals surface area contributed by atoms with Crippen molar-refractivity contribution in [1.82, 2.24) is 9.97 Å². The van der Waals surface area contributed by atoms with E-state index >= 15 is 0 Å². The molecule has 12 aromatic rings. The maximum atomic E-state index is 6.80. The summed E-state index contributed by atoms with van der Waals surface area (Å²) in [6, 6.07) is 73.7. The fourth-order valence-corrected chi connectivity index (χ4v) is 8.74. The molecule has 0 saturated heterocycles. The summed E-state index contributed by atoms with van der Waals surface area (Å²) in [4.78, 5) is 12.6. The predicted octanol–water partition coefficient (Wildman–Crippen LogP) is 15.6. The number of nitrogens with zero attached hydrogens (tertiary/aromatic N) is 3. The van der Waals surface area contributed by atoms with E-state index in [1.807, 2.05) is 54.6 Å². The Morgan fingerprint density at radius 3 is 1.75 bits per heavy atom. The van der Waals surface area contributed by atoms with Crippen LogP contribution >= 0.6 is 0 Å². The van der Waals surface area contributed by atoms with Gasteiger partial charge in [0.1, 0.15) is 16.7 Å². The monoisotopic (exact) mass is 781 g/mol. The molecule has 0 spiro atoms. The van der Waals surface area contributed by atoms with Gasteiger partial charge < -0.3 is 13.7 Å². The number of para-hydroxylation sites is 3. The van der Waals surface area contributed by atoms with Crippen LogP contribution in [-0.4, -0.2) is 9.97 Å². The lowest BCUT2D eigenvalue weighted by molar-refractivity contribution is 0.669. The van der Waals surface area contributed by atoms with Gasteiger partial charge in [-0.15, -0.1) is 0 Å². The van der Waals surface area contributed by atoms with E-state index in [0.717, 1.165) is 111 Å². The standard InChI is InChI=1S/C56H35N3O2/c1-4-15-37(16-5-1)48-35-49(58-56(57-48)38-17-6-2-7-18-38)41-32-46(54-47-31-39-19-10-11-20-40(39)33-52(47)60-53(54)34-41)36-27-29-43(30-28-36)59(42-21-8-3-9-22-42)50-25-14-24-45-44-23-12-13-26-51(44)61-55(45)50/h1-35H. The Bertz CT molecular complexity index is 3520. The highest BCUT2D eigenvalue weighted by atomic mass is 16.3. The fraction of sp³-hybridized carbons (Fsp3) is 0. The zero-order valence-electron chi connectivity index (χ0n) is 32.9. The topological polar surface area (TPSA) is 55.3 Å². The van der Waals surface area contributed by atoms with Crippen LogP contribution in [0, 0.1) is 0 Å². The molecule has 0 bridgehead atoms. The maximum Gasteiger partial charge on any atom is 0.160 e. The molecule has 0 aliphatic rings. The largest absolute Gasteiger partial charge is 0.456 e. The zero-order chi connectivity index (χ0) is 40.3. The van der Waals surface area contributed by atoms with Crippen LogP contribution in [0.3, 0.4) is 0 Å². The van der Waals surface area contributed by atoms with Crippen molar-refractivity contribution in [3.63, 3.8) is 0 Å². The van der Waals surface area contributed by atoms with E-state index < -0.39 is 0 Å². The molecule has 0 N–H and O–H groups in total. The van der Waals surface area contributed by atoms with Gasteiger partial charge in [0.2, 0.25) is 0 Å². The Hall–Kier alpha value is -8.28. The van der Waals surface area contributed by atoms with E-state index in [-0.39, 0.29) is 0 Å². The van der Waals surface area contributed by atoms with Crippen LogP contribution < -0.4 is 4.90 Å². The molecule has 0 radical (unpaired) electrons. The highest BCUT2D eigenvalue weighted by Gasteiger charge is 2.21. The van der Waals surface area contributed by atoms with Gasteiger partial charge in [-0.05, 0) is 88.6 Å². The van der Waals surface area contributed by atoms with Crippen molar-refractivity contribution < 1.29 is 8.83 Å². The summed E-state index contributed by atoms with van der Waals surface area (Å²) in [5.41, 5.74) is 13.1. The Labute approximate surface area is 351 Å². The third-order valence-electron chi connectivity index (χ3n) is 11.6. The first-order valence-electron chi connectivity index (χ1n) is 20.5. The molecule has 0 aliphatic carbocycles. The summed E-state index contributed by atoms with van der Waals surface area (Å²) < 4.78 is 13.4. The Balaban J connectivity index is 1.06. The molecule has 0 unspecified atom stereocenters. The van der Waals surface area contributed by atoms with E-state index in [0.29, 0.717) is 5.82 Å². The number of benzene rings is 9. The summed E-state index contributed by atoms with van der Waals surface area (Å²) in [5.74, 6) is 0.666. The molecule has 3 aromatic heterocycles. The Kier molecular flexibility index (Phi) is 8.10. The average Bonchev–Trinajstić information content (AvgIpc) is 3.90. The number of hydrogen-bond donors (Lipinski definition) is 0. The van der Waals surface area contributed by atoms with Crippen LogP contribution in [0.1, 0.15) is 0 Å². The van der Waals surface area contributed by atoms with Crippen LogP contribution in [0.25, 0.3) is 99.7 Å². The third kappa shape index (κ3) is 6.02. The van der Waals surface area contributed by atoms with Gasteiger partial charge in [0.25, 0.3) is 0 Å². The minimum Gasteiger partial charge on any atom is -0.456 e. The van der Waals surface area contributed by atoms with E-state index in [1.54, 1.807) is 0 Å². The molecule has 12 rings (SSSR count).